The van der Waals surface area contributed by atoms with Gasteiger partial charge in [0.25, 0.3) is 6.47 Å². The monoisotopic (exact) mass is 742 g/mol. The number of pyridine rings is 1. The molecule has 2 N–H and O–H groups in total. The zero-order valence-corrected chi connectivity index (χ0v) is 32.2. The van der Waals surface area contributed by atoms with Crippen molar-refractivity contribution in [2.24, 2.45) is 0 Å². The first-order valence-corrected chi connectivity index (χ1v) is 18.3. The molecule has 11 heteroatoms. The molecule has 5 rings (SSSR count). The van der Waals surface area contributed by atoms with Crippen molar-refractivity contribution in [1.82, 2.24) is 14.8 Å². The number of likely N-dealkylation sites (N-methyl/N-ethyl adjacent to an activating group) is 1. The molecule has 1 aliphatic rings. The number of rotatable bonds is 16. The number of nitriles is 1. The van der Waals surface area contributed by atoms with E-state index in [1.807, 2.05) is 27.0 Å². The number of benzene rings is 3. The summed E-state index contributed by atoms with van der Waals surface area (Å²) >= 11 is 6.97. The molecule has 1 fully saturated rings. The van der Waals surface area contributed by atoms with Crippen molar-refractivity contribution in [3.63, 3.8) is 0 Å². The molecule has 1 saturated heterocycles. The third-order valence-corrected chi connectivity index (χ3v) is 10.2. The molecule has 0 spiro atoms. The van der Waals surface area contributed by atoms with E-state index in [1.54, 1.807) is 12.3 Å². The Morgan fingerprint density at radius 1 is 0.962 bits per heavy atom. The number of likely N-dealkylation sites (tertiary alicyclic amines) is 1. The Balaban J connectivity index is 0.00000202. The zero-order valence-electron chi connectivity index (χ0n) is 31.4. The number of nitrogens with zero attached hydrogens (tertiary/aromatic N) is 4. The number of hydrogen-bond donors (Lipinski definition) is 2. The second-order valence-electron chi connectivity index (χ2n) is 13.4. The van der Waals surface area contributed by atoms with E-state index in [-0.39, 0.29) is 25.7 Å². The molecule has 1 aromatic heterocycles. The molecule has 0 bridgehead atoms. The maximum atomic E-state index is 9.76. The summed E-state index contributed by atoms with van der Waals surface area (Å²) in [5.74, 6) is 2.07. The average molecular weight is 743 g/mol. The van der Waals surface area contributed by atoms with Crippen LogP contribution in [-0.4, -0.2) is 77.4 Å². The maximum absolute atomic E-state index is 9.76. The SMILES string of the molecule is Cc1c(COc2cc(OCc3cncc(C#N)c3)c(CN(C)C(C)CO)c(C)c2Cl)cccc1-c1cccc(OCCCN2CCCC2)c1C.O=CO. The highest BCUT2D eigenvalue weighted by Gasteiger charge is 2.21. The van der Waals surface area contributed by atoms with Crippen LogP contribution in [0.1, 0.15) is 65.1 Å². The second-order valence-corrected chi connectivity index (χ2v) is 13.8. The quantitative estimate of drug-likeness (QED) is 0.0869. The molecular weight excluding hydrogens is 692 g/mol. The van der Waals surface area contributed by atoms with Crippen molar-refractivity contribution < 1.29 is 29.2 Å². The Labute approximate surface area is 318 Å². The first kappa shape index (κ1) is 41.1. The van der Waals surface area contributed by atoms with Crippen molar-refractivity contribution in [2.45, 2.75) is 72.8 Å². The Bertz CT molecular complexity index is 1860. The standard InChI is InChI=1S/C41H49ClN4O4.CH2O2/c1-28(25-47)45(5)24-37-31(4)41(42)40(20-39(37)49-26-33-19-32(21-43)22-44-23-33)50-27-34-11-8-12-35(29(34)2)36-13-9-14-38(30(36)3)48-18-10-17-46-15-6-7-16-46;2-1-3/h8-9,11-14,19-20,22-23,28,47H,6-7,10,15-18,24-27H2,1-5H3;1H,(H,2,3). The minimum absolute atomic E-state index is 0.0292. The molecule has 1 atom stereocenters. The molecule has 0 radical (unpaired) electrons. The van der Waals surface area contributed by atoms with E-state index in [0.29, 0.717) is 41.8 Å². The number of halogens is 1. The van der Waals surface area contributed by atoms with Crippen LogP contribution in [0.2, 0.25) is 5.02 Å². The van der Waals surface area contributed by atoms with Gasteiger partial charge < -0.3 is 29.3 Å². The van der Waals surface area contributed by atoms with Crippen LogP contribution in [0.5, 0.6) is 17.2 Å². The predicted molar refractivity (Wildman–Crippen MR) is 208 cm³/mol. The fraction of sp³-hybridized carbons (Fsp3) is 0.405. The summed E-state index contributed by atoms with van der Waals surface area (Å²) in [4.78, 5) is 17.1. The van der Waals surface area contributed by atoms with E-state index >= 15 is 0 Å². The van der Waals surface area contributed by atoms with Gasteiger partial charge in [-0.2, -0.15) is 5.26 Å². The van der Waals surface area contributed by atoms with Crippen molar-refractivity contribution in [1.29, 1.82) is 5.26 Å². The van der Waals surface area contributed by atoms with Crippen molar-refractivity contribution in [2.75, 3.05) is 39.9 Å². The van der Waals surface area contributed by atoms with Gasteiger partial charge in [0.1, 0.15) is 36.5 Å². The van der Waals surface area contributed by atoms with Crippen molar-refractivity contribution in [3.8, 4) is 34.4 Å². The lowest BCUT2D eigenvalue weighted by Crippen LogP contribution is -2.31. The first-order valence-electron chi connectivity index (χ1n) is 18.0. The third-order valence-electron chi connectivity index (χ3n) is 9.78. The molecule has 53 heavy (non-hydrogen) atoms. The third kappa shape index (κ3) is 11.2. The van der Waals surface area contributed by atoms with Gasteiger partial charge in [0.2, 0.25) is 0 Å². The van der Waals surface area contributed by atoms with Gasteiger partial charge in [-0.25, -0.2) is 0 Å². The lowest BCUT2D eigenvalue weighted by molar-refractivity contribution is -0.122. The molecule has 10 nitrogen and oxygen atoms in total. The lowest BCUT2D eigenvalue weighted by atomic mass is 9.93. The minimum Gasteiger partial charge on any atom is -0.493 e. The summed E-state index contributed by atoms with van der Waals surface area (Å²) in [6, 6.07) is 18.3. The zero-order chi connectivity index (χ0) is 38.3. The minimum atomic E-state index is -0.250. The van der Waals surface area contributed by atoms with Gasteiger partial charge in [0.05, 0.1) is 23.8 Å². The second kappa shape index (κ2) is 20.5. The van der Waals surface area contributed by atoms with Gasteiger partial charge in [-0.1, -0.05) is 41.9 Å². The largest absolute Gasteiger partial charge is 0.493 e. The first-order chi connectivity index (χ1) is 25.6. The van der Waals surface area contributed by atoms with Crippen LogP contribution in [-0.2, 0) is 24.6 Å². The van der Waals surface area contributed by atoms with Gasteiger partial charge >= 0.3 is 0 Å². The van der Waals surface area contributed by atoms with Gasteiger partial charge in [0, 0.05) is 48.7 Å². The molecule has 1 aliphatic heterocycles. The molecule has 3 aromatic carbocycles. The number of aromatic nitrogens is 1. The lowest BCUT2D eigenvalue weighted by Gasteiger charge is -2.26. The highest BCUT2D eigenvalue weighted by Crippen LogP contribution is 2.39. The topological polar surface area (TPSA) is 128 Å². The Morgan fingerprint density at radius 3 is 2.34 bits per heavy atom. The highest BCUT2D eigenvalue weighted by molar-refractivity contribution is 6.33. The number of carboxylic acid groups (broad SMARTS) is 1. The van der Waals surface area contributed by atoms with Crippen LogP contribution in [0.4, 0.5) is 0 Å². The maximum Gasteiger partial charge on any atom is 0.290 e. The molecule has 2 heterocycles. The fourth-order valence-corrected chi connectivity index (χ4v) is 6.58. The number of aliphatic hydroxyl groups excluding tert-OH is 1. The van der Waals surface area contributed by atoms with Gasteiger partial charge in [-0.15, -0.1) is 0 Å². The van der Waals surface area contributed by atoms with Crippen molar-refractivity contribution in [3.05, 3.63) is 105 Å². The van der Waals surface area contributed by atoms with Crippen LogP contribution < -0.4 is 14.2 Å². The predicted octanol–water partition coefficient (Wildman–Crippen LogP) is 7.74. The summed E-state index contributed by atoms with van der Waals surface area (Å²) < 4.78 is 19.1. The van der Waals surface area contributed by atoms with E-state index in [4.69, 9.17) is 35.7 Å². The Kier molecular flexibility index (Phi) is 15.9. The summed E-state index contributed by atoms with van der Waals surface area (Å²) in [6.07, 6.45) is 6.85. The van der Waals surface area contributed by atoms with E-state index in [9.17, 15) is 10.4 Å². The van der Waals surface area contributed by atoms with Gasteiger partial charge in [-0.05, 0) is 113 Å². The molecule has 1 unspecified atom stereocenters. The Hall–Kier alpha value is -4.66. The summed E-state index contributed by atoms with van der Waals surface area (Å²) in [6.45, 7) is 13.2. The van der Waals surface area contributed by atoms with Crippen LogP contribution in [0.25, 0.3) is 11.1 Å². The molecule has 0 aliphatic carbocycles. The van der Waals surface area contributed by atoms with Crippen LogP contribution in [0.15, 0.2) is 60.9 Å². The molecular formula is C42H51ClN4O6. The van der Waals surface area contributed by atoms with Crippen molar-refractivity contribution >= 4 is 18.1 Å². The van der Waals surface area contributed by atoms with E-state index in [2.05, 4.69) is 71.1 Å². The van der Waals surface area contributed by atoms with E-state index in [0.717, 1.165) is 63.2 Å². The van der Waals surface area contributed by atoms with Gasteiger partial charge in [-0.3, -0.25) is 14.7 Å². The summed E-state index contributed by atoms with van der Waals surface area (Å²) in [5, 5.41) is 26.5. The van der Waals surface area contributed by atoms with E-state index in [1.165, 1.54) is 32.1 Å². The van der Waals surface area contributed by atoms with Crippen LogP contribution in [0, 0.1) is 32.1 Å². The van der Waals surface area contributed by atoms with Crippen LogP contribution >= 0.6 is 11.6 Å². The summed E-state index contributed by atoms with van der Waals surface area (Å²) in [5.41, 5.74) is 8.60. The normalized spacial score (nSPS) is 13.2. The summed E-state index contributed by atoms with van der Waals surface area (Å²) in [7, 11) is 1.96. The average Bonchev–Trinajstić information content (AvgIpc) is 3.69. The van der Waals surface area contributed by atoms with Gasteiger partial charge in [0.15, 0.2) is 0 Å². The van der Waals surface area contributed by atoms with E-state index < -0.39 is 0 Å². The highest BCUT2D eigenvalue weighted by atomic mass is 35.5. The number of hydrogen-bond acceptors (Lipinski definition) is 9. The molecule has 282 valence electrons. The number of carbonyl (C=O) groups is 1. The number of aliphatic hydroxyl groups is 1. The number of ether oxygens (including phenoxy) is 3. The molecule has 0 amide bonds. The smallest absolute Gasteiger partial charge is 0.290 e. The fourth-order valence-electron chi connectivity index (χ4n) is 6.36. The van der Waals surface area contributed by atoms with Crippen LogP contribution in [0.3, 0.4) is 0 Å². The molecule has 4 aromatic rings. The Morgan fingerprint density at radius 2 is 1.64 bits per heavy atom. The molecule has 0 saturated carbocycles.